The first-order valence-electron chi connectivity index (χ1n) is 6.99. The van der Waals surface area contributed by atoms with Crippen LogP contribution in [-0.4, -0.2) is 43.8 Å². The van der Waals surface area contributed by atoms with Crippen LogP contribution in [0.1, 0.15) is 38.4 Å². The van der Waals surface area contributed by atoms with E-state index in [1.54, 1.807) is 11.8 Å². The fraction of sp³-hybridized carbons (Fsp3) is 0.846. The second-order valence-electron chi connectivity index (χ2n) is 5.44. The summed E-state index contributed by atoms with van der Waals surface area (Å²) in [7, 11) is 2.00. The molecule has 19 heavy (non-hydrogen) atoms. The number of thioether (sulfide) groups is 1. The van der Waals surface area contributed by atoms with Crippen molar-refractivity contribution in [3.05, 3.63) is 5.82 Å². The molecule has 2 rings (SSSR count). The van der Waals surface area contributed by atoms with Crippen LogP contribution in [0.5, 0.6) is 0 Å². The molecule has 1 aliphatic rings. The van der Waals surface area contributed by atoms with Gasteiger partial charge in [0.2, 0.25) is 0 Å². The van der Waals surface area contributed by atoms with Crippen molar-refractivity contribution >= 4 is 11.8 Å². The number of hydrogen-bond donors (Lipinski definition) is 2. The molecule has 6 heteroatoms. The lowest BCUT2D eigenvalue weighted by molar-refractivity contribution is 0.165. The van der Waals surface area contributed by atoms with E-state index in [1.807, 2.05) is 18.5 Å². The number of aliphatic hydroxyl groups is 1. The minimum atomic E-state index is -0.0820. The SMILES string of the molecule is CCCNC1(CO)CCC(Sc2nnc(C)n2C)C1. The molecule has 0 bridgehead atoms. The molecule has 1 aromatic rings. The summed E-state index contributed by atoms with van der Waals surface area (Å²) in [4.78, 5) is 0. The van der Waals surface area contributed by atoms with Gasteiger partial charge in [-0.3, -0.25) is 0 Å². The van der Waals surface area contributed by atoms with Crippen LogP contribution in [0.15, 0.2) is 5.16 Å². The van der Waals surface area contributed by atoms with Crippen molar-refractivity contribution in [3.63, 3.8) is 0 Å². The van der Waals surface area contributed by atoms with Gasteiger partial charge in [-0.15, -0.1) is 10.2 Å². The highest BCUT2D eigenvalue weighted by Gasteiger charge is 2.39. The summed E-state index contributed by atoms with van der Waals surface area (Å²) >= 11 is 1.79. The zero-order valence-electron chi connectivity index (χ0n) is 12.0. The molecule has 1 aromatic heterocycles. The van der Waals surface area contributed by atoms with E-state index in [-0.39, 0.29) is 12.1 Å². The topological polar surface area (TPSA) is 63.0 Å². The predicted octanol–water partition coefficient (Wildman–Crippen LogP) is 1.50. The number of aryl methyl sites for hydroxylation is 1. The van der Waals surface area contributed by atoms with Gasteiger partial charge in [-0.25, -0.2) is 0 Å². The van der Waals surface area contributed by atoms with Crippen LogP contribution in [0.3, 0.4) is 0 Å². The highest BCUT2D eigenvalue weighted by molar-refractivity contribution is 7.99. The Kier molecular flexibility index (Phi) is 4.86. The van der Waals surface area contributed by atoms with E-state index >= 15 is 0 Å². The highest BCUT2D eigenvalue weighted by Crippen LogP contribution is 2.39. The molecule has 0 amide bonds. The van der Waals surface area contributed by atoms with Gasteiger partial charge in [0.25, 0.3) is 0 Å². The van der Waals surface area contributed by atoms with Gasteiger partial charge in [0.15, 0.2) is 5.16 Å². The molecule has 2 N–H and O–H groups in total. The Hall–Kier alpha value is -0.590. The Morgan fingerprint density at radius 3 is 2.89 bits per heavy atom. The Bertz CT molecular complexity index is 423. The molecule has 0 aliphatic heterocycles. The Labute approximate surface area is 119 Å². The first kappa shape index (κ1) is 14.8. The molecule has 1 heterocycles. The summed E-state index contributed by atoms with van der Waals surface area (Å²) in [6.07, 6.45) is 4.26. The minimum absolute atomic E-state index is 0.0820. The zero-order valence-corrected chi connectivity index (χ0v) is 12.8. The van der Waals surface area contributed by atoms with Crippen LogP contribution in [0.25, 0.3) is 0 Å². The van der Waals surface area contributed by atoms with Crippen LogP contribution in [0.2, 0.25) is 0 Å². The number of nitrogens with one attached hydrogen (secondary N) is 1. The lowest BCUT2D eigenvalue weighted by Gasteiger charge is -2.28. The molecule has 2 unspecified atom stereocenters. The largest absolute Gasteiger partial charge is 0.394 e. The summed E-state index contributed by atoms with van der Waals surface area (Å²) in [5, 5.41) is 23.0. The zero-order chi connectivity index (χ0) is 13.9. The molecule has 1 aliphatic carbocycles. The van der Waals surface area contributed by atoms with Gasteiger partial charge >= 0.3 is 0 Å². The first-order valence-corrected chi connectivity index (χ1v) is 7.87. The van der Waals surface area contributed by atoms with Gasteiger partial charge in [-0.05, 0) is 39.2 Å². The highest BCUT2D eigenvalue weighted by atomic mass is 32.2. The van der Waals surface area contributed by atoms with Crippen molar-refractivity contribution in [2.45, 2.75) is 55.5 Å². The second kappa shape index (κ2) is 6.24. The van der Waals surface area contributed by atoms with Crippen LogP contribution < -0.4 is 5.32 Å². The van der Waals surface area contributed by atoms with Gasteiger partial charge in [-0.2, -0.15) is 0 Å². The molecule has 2 atom stereocenters. The normalized spacial score (nSPS) is 27.1. The summed E-state index contributed by atoms with van der Waals surface area (Å²) in [6, 6.07) is 0. The summed E-state index contributed by atoms with van der Waals surface area (Å²) < 4.78 is 2.03. The third-order valence-electron chi connectivity index (χ3n) is 3.94. The van der Waals surface area contributed by atoms with E-state index in [0.29, 0.717) is 5.25 Å². The van der Waals surface area contributed by atoms with Gasteiger partial charge in [0.05, 0.1) is 6.61 Å². The Morgan fingerprint density at radius 2 is 2.32 bits per heavy atom. The number of hydrogen-bond acceptors (Lipinski definition) is 5. The van der Waals surface area contributed by atoms with Gasteiger partial charge in [0.1, 0.15) is 5.82 Å². The molecule has 1 fully saturated rings. The van der Waals surface area contributed by atoms with Crippen LogP contribution in [0.4, 0.5) is 0 Å². The molecule has 1 saturated carbocycles. The van der Waals surface area contributed by atoms with Gasteiger partial charge < -0.3 is 15.0 Å². The Balaban J connectivity index is 1.95. The van der Waals surface area contributed by atoms with E-state index in [0.717, 1.165) is 43.2 Å². The van der Waals surface area contributed by atoms with Crippen LogP contribution >= 0.6 is 11.8 Å². The Morgan fingerprint density at radius 1 is 1.53 bits per heavy atom. The summed E-state index contributed by atoms with van der Waals surface area (Å²) in [6.45, 7) is 5.32. The molecule has 0 aromatic carbocycles. The van der Waals surface area contributed by atoms with Crippen molar-refractivity contribution in [2.24, 2.45) is 7.05 Å². The van der Waals surface area contributed by atoms with Crippen molar-refractivity contribution in [1.29, 1.82) is 0 Å². The number of rotatable bonds is 6. The molecular weight excluding hydrogens is 260 g/mol. The molecule has 0 saturated heterocycles. The third-order valence-corrected chi connectivity index (χ3v) is 5.24. The molecule has 0 radical (unpaired) electrons. The standard InChI is InChI=1S/C13H24N4OS/c1-4-7-14-13(9-18)6-5-11(8-13)19-12-16-15-10(2)17(12)3/h11,14,18H,4-9H2,1-3H3. The summed E-state index contributed by atoms with van der Waals surface area (Å²) in [5.41, 5.74) is -0.0820. The molecular formula is C13H24N4OS. The number of aliphatic hydroxyl groups excluding tert-OH is 1. The lowest BCUT2D eigenvalue weighted by Crippen LogP contribution is -2.46. The van der Waals surface area contributed by atoms with Gasteiger partial charge in [0, 0.05) is 17.8 Å². The smallest absolute Gasteiger partial charge is 0.191 e. The molecule has 108 valence electrons. The maximum atomic E-state index is 9.68. The van der Waals surface area contributed by atoms with Crippen molar-refractivity contribution < 1.29 is 5.11 Å². The third kappa shape index (κ3) is 3.30. The molecule has 5 nitrogen and oxygen atoms in total. The van der Waals surface area contributed by atoms with Crippen LogP contribution in [0, 0.1) is 6.92 Å². The second-order valence-corrected chi connectivity index (χ2v) is 6.70. The van der Waals surface area contributed by atoms with Crippen molar-refractivity contribution in [3.8, 4) is 0 Å². The number of nitrogens with zero attached hydrogens (tertiary/aromatic N) is 3. The fourth-order valence-corrected chi connectivity index (χ4v) is 3.88. The van der Waals surface area contributed by atoms with E-state index in [1.165, 1.54) is 0 Å². The quantitative estimate of drug-likeness (QED) is 0.829. The average Bonchev–Trinajstić information content (AvgIpc) is 2.96. The van der Waals surface area contributed by atoms with Crippen molar-refractivity contribution in [1.82, 2.24) is 20.1 Å². The van der Waals surface area contributed by atoms with E-state index in [4.69, 9.17) is 0 Å². The van der Waals surface area contributed by atoms with Crippen LogP contribution in [-0.2, 0) is 7.05 Å². The average molecular weight is 284 g/mol. The summed E-state index contributed by atoms with van der Waals surface area (Å²) in [5.74, 6) is 0.943. The van der Waals surface area contributed by atoms with E-state index in [2.05, 4.69) is 22.4 Å². The fourth-order valence-electron chi connectivity index (χ4n) is 2.57. The first-order chi connectivity index (χ1) is 9.10. The van der Waals surface area contributed by atoms with Crippen molar-refractivity contribution in [2.75, 3.05) is 13.2 Å². The maximum Gasteiger partial charge on any atom is 0.191 e. The predicted molar refractivity (Wildman–Crippen MR) is 77.3 cm³/mol. The maximum absolute atomic E-state index is 9.68. The van der Waals surface area contributed by atoms with E-state index in [9.17, 15) is 5.11 Å². The minimum Gasteiger partial charge on any atom is -0.394 e. The monoisotopic (exact) mass is 284 g/mol. The molecule has 0 spiro atoms. The van der Waals surface area contributed by atoms with E-state index < -0.39 is 0 Å². The lowest BCUT2D eigenvalue weighted by atomic mass is 9.99. The number of aromatic nitrogens is 3. The van der Waals surface area contributed by atoms with Gasteiger partial charge in [-0.1, -0.05) is 18.7 Å².